The van der Waals surface area contributed by atoms with Gasteiger partial charge in [0.1, 0.15) is 11.5 Å². The van der Waals surface area contributed by atoms with E-state index in [1.165, 1.54) is 7.11 Å². The highest BCUT2D eigenvalue weighted by Gasteiger charge is 2.13. The third-order valence-corrected chi connectivity index (χ3v) is 4.71. The summed E-state index contributed by atoms with van der Waals surface area (Å²) >= 11 is 5.23. The van der Waals surface area contributed by atoms with Gasteiger partial charge in [-0.05, 0) is 75.5 Å². The van der Waals surface area contributed by atoms with Gasteiger partial charge in [-0.1, -0.05) is 24.3 Å². The Labute approximate surface area is 195 Å². The van der Waals surface area contributed by atoms with Crippen molar-refractivity contribution in [1.82, 2.24) is 10.2 Å². The van der Waals surface area contributed by atoms with Crippen molar-refractivity contribution in [1.29, 1.82) is 0 Å². The van der Waals surface area contributed by atoms with E-state index in [1.54, 1.807) is 24.3 Å². The Morgan fingerprint density at radius 3 is 2.35 bits per heavy atom. The number of nitrogens with one attached hydrogen (secondary N) is 2. The Bertz CT molecular complexity index is 873. The monoisotopic (exact) mass is 463 g/mol. The van der Waals surface area contributed by atoms with Gasteiger partial charge < -0.3 is 15.0 Å². The fraction of sp³-hybridized carbons (Fsp3) is 0.348. The molecule has 2 aromatic carbocycles. The number of anilines is 1. The predicted molar refractivity (Wildman–Crippen MR) is 131 cm³/mol. The average molecular weight is 464 g/mol. The molecule has 6 nitrogen and oxygen atoms in total. The van der Waals surface area contributed by atoms with Gasteiger partial charge >= 0.3 is 0 Å². The van der Waals surface area contributed by atoms with Crippen molar-refractivity contribution in [2.24, 2.45) is 0 Å². The minimum absolute atomic E-state index is 0. The molecule has 1 amide bonds. The number of ketones is 1. The number of rotatable bonds is 10. The molecular formula is C23H30ClN3O3S. The number of carbonyl (C=O) groups is 2. The number of ether oxygens (including phenoxy) is 1. The van der Waals surface area contributed by atoms with Crippen molar-refractivity contribution < 1.29 is 14.3 Å². The third-order valence-electron chi connectivity index (χ3n) is 4.50. The molecular weight excluding hydrogens is 434 g/mol. The molecule has 0 heterocycles. The molecule has 0 aliphatic heterocycles. The van der Waals surface area contributed by atoms with E-state index in [2.05, 4.69) is 15.5 Å². The van der Waals surface area contributed by atoms with E-state index >= 15 is 0 Å². The van der Waals surface area contributed by atoms with Crippen LogP contribution >= 0.6 is 24.6 Å². The lowest BCUT2D eigenvalue weighted by Crippen LogP contribution is -2.34. The fourth-order valence-electron chi connectivity index (χ4n) is 2.94. The second-order valence-electron chi connectivity index (χ2n) is 7.28. The number of unbranched alkanes of at least 4 members (excludes halogenated alkanes) is 1. The molecule has 168 valence electrons. The molecule has 2 N–H and O–H groups in total. The smallest absolute Gasteiger partial charge is 0.261 e. The first kappa shape index (κ1) is 26.6. The lowest BCUT2D eigenvalue weighted by molar-refractivity contribution is -0.118. The molecule has 0 bridgehead atoms. The number of carbonyl (C=O) groups excluding carboxylic acids is 2. The summed E-state index contributed by atoms with van der Waals surface area (Å²) in [5.41, 5.74) is 2.10. The SMILES string of the molecule is COc1ccccc1C(=O)NC(=S)Nc1ccc(CC(=O)CCCCN(C)C)cc1.Cl. The number of benzene rings is 2. The molecule has 0 aliphatic carbocycles. The highest BCUT2D eigenvalue weighted by Crippen LogP contribution is 2.17. The van der Waals surface area contributed by atoms with Crippen LogP contribution in [0.25, 0.3) is 0 Å². The lowest BCUT2D eigenvalue weighted by Gasteiger charge is -2.12. The lowest BCUT2D eigenvalue weighted by atomic mass is 10.0. The maximum Gasteiger partial charge on any atom is 0.261 e. The van der Waals surface area contributed by atoms with Crippen molar-refractivity contribution in [3.05, 3.63) is 59.7 Å². The number of nitrogens with zero attached hydrogens (tertiary/aromatic N) is 1. The van der Waals surface area contributed by atoms with Gasteiger partial charge in [-0.15, -0.1) is 12.4 Å². The Hall–Kier alpha value is -2.48. The van der Waals surface area contributed by atoms with Crippen LogP contribution in [0.2, 0.25) is 0 Å². The van der Waals surface area contributed by atoms with Gasteiger partial charge in [-0.3, -0.25) is 14.9 Å². The van der Waals surface area contributed by atoms with Crippen LogP contribution in [0, 0.1) is 0 Å². The summed E-state index contributed by atoms with van der Waals surface area (Å²) in [6.45, 7) is 1.00. The molecule has 0 fully saturated rings. The first-order chi connectivity index (χ1) is 14.4. The first-order valence-corrected chi connectivity index (χ1v) is 10.3. The first-order valence-electron chi connectivity index (χ1n) is 9.89. The summed E-state index contributed by atoms with van der Waals surface area (Å²) in [7, 11) is 5.58. The van der Waals surface area contributed by atoms with Gasteiger partial charge in [0.05, 0.1) is 12.7 Å². The Morgan fingerprint density at radius 2 is 1.71 bits per heavy atom. The van der Waals surface area contributed by atoms with Gasteiger partial charge in [-0.25, -0.2) is 0 Å². The van der Waals surface area contributed by atoms with Crippen molar-refractivity contribution in [3.63, 3.8) is 0 Å². The number of hydrogen-bond acceptors (Lipinski definition) is 5. The van der Waals surface area contributed by atoms with E-state index in [-0.39, 0.29) is 29.2 Å². The summed E-state index contributed by atoms with van der Waals surface area (Å²) in [6.07, 6.45) is 2.97. The summed E-state index contributed by atoms with van der Waals surface area (Å²) < 4.78 is 5.20. The molecule has 0 aromatic heterocycles. The summed E-state index contributed by atoms with van der Waals surface area (Å²) in [5, 5.41) is 5.82. The Morgan fingerprint density at radius 1 is 1.03 bits per heavy atom. The maximum absolute atomic E-state index is 12.4. The molecule has 8 heteroatoms. The Kier molecular flexibility index (Phi) is 11.8. The maximum atomic E-state index is 12.4. The highest BCUT2D eigenvalue weighted by atomic mass is 35.5. The standard InChI is InChI=1S/C23H29N3O3S.ClH/c1-26(2)15-7-6-8-19(27)16-17-11-13-18(14-12-17)24-23(30)25-22(28)20-9-4-5-10-21(20)29-3;/h4-5,9-14H,6-8,15-16H2,1-3H3,(H2,24,25,28,30);1H. The van der Waals surface area contributed by atoms with Crippen LogP contribution < -0.4 is 15.4 Å². The zero-order valence-electron chi connectivity index (χ0n) is 18.1. The summed E-state index contributed by atoms with van der Waals surface area (Å²) in [5.74, 6) is 0.379. The van der Waals surface area contributed by atoms with Crippen molar-refractivity contribution in [2.75, 3.05) is 33.1 Å². The van der Waals surface area contributed by atoms with E-state index in [0.717, 1.165) is 30.6 Å². The molecule has 0 unspecified atom stereocenters. The Balaban J connectivity index is 0.00000480. The van der Waals surface area contributed by atoms with Crippen molar-refractivity contribution >= 4 is 47.1 Å². The van der Waals surface area contributed by atoms with E-state index in [9.17, 15) is 9.59 Å². The zero-order valence-corrected chi connectivity index (χ0v) is 19.8. The average Bonchev–Trinajstić information content (AvgIpc) is 2.72. The van der Waals surface area contributed by atoms with Crippen LogP contribution in [0.5, 0.6) is 5.75 Å². The highest BCUT2D eigenvalue weighted by molar-refractivity contribution is 7.80. The van der Waals surface area contributed by atoms with Crippen LogP contribution in [0.1, 0.15) is 35.2 Å². The van der Waals surface area contributed by atoms with Gasteiger partial charge in [-0.2, -0.15) is 0 Å². The van der Waals surface area contributed by atoms with Gasteiger partial charge in [0, 0.05) is 18.5 Å². The molecule has 2 aromatic rings. The summed E-state index contributed by atoms with van der Waals surface area (Å²) in [6, 6.07) is 14.4. The number of amides is 1. The number of para-hydroxylation sites is 1. The van der Waals surface area contributed by atoms with Crippen molar-refractivity contribution in [2.45, 2.75) is 25.7 Å². The van der Waals surface area contributed by atoms with Gasteiger partial charge in [0.15, 0.2) is 5.11 Å². The van der Waals surface area contributed by atoms with Crippen LogP contribution in [0.15, 0.2) is 48.5 Å². The predicted octanol–water partition coefficient (Wildman–Crippen LogP) is 4.09. The third kappa shape index (κ3) is 9.46. The quantitative estimate of drug-likeness (QED) is 0.408. The molecule has 0 spiro atoms. The number of halogens is 1. The second kappa shape index (κ2) is 13.7. The molecule has 0 saturated heterocycles. The molecule has 0 saturated carbocycles. The number of thiocarbonyl (C=S) groups is 1. The van der Waals surface area contributed by atoms with Crippen LogP contribution in [-0.2, 0) is 11.2 Å². The number of hydrogen-bond donors (Lipinski definition) is 2. The van der Waals surface area contributed by atoms with E-state index < -0.39 is 0 Å². The molecule has 2 rings (SSSR count). The summed E-state index contributed by atoms with van der Waals surface area (Å²) in [4.78, 5) is 26.6. The minimum Gasteiger partial charge on any atom is -0.496 e. The number of Topliss-reactive ketones (excluding diaryl/α,β-unsaturated/α-hetero) is 1. The number of methoxy groups -OCH3 is 1. The van der Waals surface area contributed by atoms with Gasteiger partial charge in [0.2, 0.25) is 0 Å². The fourth-order valence-corrected chi connectivity index (χ4v) is 3.15. The molecule has 0 atom stereocenters. The van der Waals surface area contributed by atoms with Crippen molar-refractivity contribution in [3.8, 4) is 5.75 Å². The second-order valence-corrected chi connectivity index (χ2v) is 7.69. The van der Waals surface area contributed by atoms with Crippen LogP contribution in [0.3, 0.4) is 0 Å². The van der Waals surface area contributed by atoms with E-state index in [1.807, 2.05) is 38.4 Å². The van der Waals surface area contributed by atoms with Gasteiger partial charge in [0.25, 0.3) is 5.91 Å². The molecule has 31 heavy (non-hydrogen) atoms. The minimum atomic E-state index is -0.346. The zero-order chi connectivity index (χ0) is 21.9. The molecule has 0 aliphatic rings. The van der Waals surface area contributed by atoms with E-state index in [4.69, 9.17) is 17.0 Å². The molecule has 0 radical (unpaired) electrons. The largest absolute Gasteiger partial charge is 0.496 e. The van der Waals surface area contributed by atoms with E-state index in [0.29, 0.717) is 24.2 Å². The van der Waals surface area contributed by atoms with Crippen LogP contribution in [-0.4, -0.2) is 49.5 Å². The normalized spacial score (nSPS) is 10.2. The van der Waals surface area contributed by atoms with Crippen LogP contribution in [0.4, 0.5) is 5.69 Å². The topological polar surface area (TPSA) is 70.7 Å².